The summed E-state index contributed by atoms with van der Waals surface area (Å²) in [5.74, 6) is 1.78. The molecule has 1 saturated heterocycles. The maximum atomic E-state index is 11.9. The number of aromatic nitrogens is 3. The summed E-state index contributed by atoms with van der Waals surface area (Å²) in [6.45, 7) is 4.18. The first kappa shape index (κ1) is 23.1. The van der Waals surface area contributed by atoms with E-state index in [1.807, 2.05) is 31.3 Å². The molecule has 1 N–H and O–H groups in total. The lowest BCUT2D eigenvalue weighted by Gasteiger charge is -2.36. The number of piperidine rings is 1. The van der Waals surface area contributed by atoms with Crippen molar-refractivity contribution in [2.45, 2.75) is 57.7 Å². The molecular weight excluding hydrogens is 452 g/mol. The molecule has 3 aromatic rings. The fourth-order valence-electron chi connectivity index (χ4n) is 5.02. The summed E-state index contributed by atoms with van der Waals surface area (Å²) in [7, 11) is 0. The molecule has 3 heterocycles. The first-order valence-corrected chi connectivity index (χ1v) is 12.7. The van der Waals surface area contributed by atoms with Crippen LogP contribution in [0.2, 0.25) is 5.02 Å². The van der Waals surface area contributed by atoms with Gasteiger partial charge >= 0.3 is 5.97 Å². The number of carbonyl (C=O) groups is 1. The van der Waals surface area contributed by atoms with Gasteiger partial charge in [-0.3, -0.25) is 4.79 Å². The monoisotopic (exact) mass is 482 g/mol. The molecule has 2 fully saturated rings. The van der Waals surface area contributed by atoms with Crippen LogP contribution in [-0.2, 0) is 14.3 Å². The molecule has 180 valence electrons. The highest BCUT2D eigenvalue weighted by molar-refractivity contribution is 6.31. The fraction of sp³-hybridized carbons (Fsp3) is 0.500. The molecule has 0 spiro atoms. The van der Waals surface area contributed by atoms with Crippen LogP contribution in [0.1, 0.15) is 45.4 Å². The molecule has 0 radical (unpaired) electrons. The number of nitrogens with one attached hydrogen (secondary N) is 1. The number of hydrogen-bond donors (Lipinski definition) is 1. The van der Waals surface area contributed by atoms with Crippen LogP contribution in [0.5, 0.6) is 0 Å². The van der Waals surface area contributed by atoms with Gasteiger partial charge in [0.25, 0.3) is 0 Å². The summed E-state index contributed by atoms with van der Waals surface area (Å²) >= 11 is 6.08. The first-order chi connectivity index (χ1) is 16.6. The van der Waals surface area contributed by atoms with Crippen molar-refractivity contribution >= 4 is 34.4 Å². The lowest BCUT2D eigenvalue weighted by Crippen LogP contribution is -2.39. The zero-order chi connectivity index (χ0) is 23.5. The van der Waals surface area contributed by atoms with Crippen LogP contribution in [0.15, 0.2) is 36.5 Å². The largest absolute Gasteiger partial charge is 0.466 e. The Kier molecular flexibility index (Phi) is 7.02. The van der Waals surface area contributed by atoms with E-state index in [1.54, 1.807) is 0 Å². The number of pyridine rings is 1. The number of H-pyrrole nitrogens is 1. The van der Waals surface area contributed by atoms with Crippen LogP contribution in [0.3, 0.4) is 0 Å². The summed E-state index contributed by atoms with van der Waals surface area (Å²) in [5.41, 5.74) is 2.76. The number of nitrogens with zero attached hydrogens (tertiary/aromatic N) is 3. The normalized spacial score (nSPS) is 21.6. The van der Waals surface area contributed by atoms with Crippen LogP contribution in [0, 0.1) is 5.92 Å². The Balaban J connectivity index is 1.11. The number of fused-ring (bicyclic) bond motifs is 1. The average molecular weight is 483 g/mol. The molecular formula is C26H31ClN4O3. The Bertz CT molecular complexity index is 1120. The Morgan fingerprint density at radius 1 is 1.09 bits per heavy atom. The standard InChI is InChI=1S/C26H31ClN4O3/c1-2-33-26(32)17-3-7-20(8-4-17)34-21-11-13-31(14-12-21)24-10-5-18(16-28-24)25-29-22-9-6-19(27)15-23(22)30-25/h5-6,9-10,15-17,20-21H,2-4,7-8,11-14H2,1H3,(H,29,30). The molecule has 0 amide bonds. The molecule has 2 aromatic heterocycles. The van der Waals surface area contributed by atoms with Crippen molar-refractivity contribution in [1.29, 1.82) is 0 Å². The number of benzene rings is 1. The number of esters is 1. The van der Waals surface area contributed by atoms with E-state index in [9.17, 15) is 4.79 Å². The smallest absolute Gasteiger partial charge is 0.308 e. The quantitative estimate of drug-likeness (QED) is 0.475. The molecule has 0 unspecified atom stereocenters. The van der Waals surface area contributed by atoms with Crippen molar-refractivity contribution < 1.29 is 14.3 Å². The first-order valence-electron chi connectivity index (χ1n) is 12.3. The summed E-state index contributed by atoms with van der Waals surface area (Å²) in [5, 5.41) is 0.688. The molecule has 2 aliphatic rings. The van der Waals surface area contributed by atoms with E-state index < -0.39 is 0 Å². The van der Waals surface area contributed by atoms with Gasteiger partial charge in [-0.05, 0) is 75.8 Å². The van der Waals surface area contributed by atoms with E-state index in [4.69, 9.17) is 26.1 Å². The van der Waals surface area contributed by atoms with Gasteiger partial charge in [-0.25, -0.2) is 9.97 Å². The predicted octanol–water partition coefficient (Wildman–Crippen LogP) is 5.39. The van der Waals surface area contributed by atoms with Crippen LogP contribution in [-0.4, -0.2) is 52.8 Å². The number of anilines is 1. The van der Waals surface area contributed by atoms with Crippen molar-refractivity contribution in [1.82, 2.24) is 15.0 Å². The molecule has 0 atom stereocenters. The van der Waals surface area contributed by atoms with Crippen LogP contribution in [0.25, 0.3) is 22.4 Å². The maximum Gasteiger partial charge on any atom is 0.308 e. The highest BCUT2D eigenvalue weighted by Crippen LogP contribution is 2.30. The highest BCUT2D eigenvalue weighted by Gasteiger charge is 2.30. The van der Waals surface area contributed by atoms with Gasteiger partial charge in [-0.2, -0.15) is 0 Å². The molecule has 5 rings (SSSR count). The number of imidazole rings is 1. The number of ether oxygens (including phenoxy) is 2. The van der Waals surface area contributed by atoms with Crippen molar-refractivity contribution in [2.75, 3.05) is 24.6 Å². The molecule has 1 saturated carbocycles. The lowest BCUT2D eigenvalue weighted by molar-refractivity contribution is -0.150. The molecule has 8 heteroatoms. The van der Waals surface area contributed by atoms with Gasteiger partial charge in [0.05, 0.1) is 35.8 Å². The molecule has 1 aliphatic carbocycles. The van der Waals surface area contributed by atoms with Gasteiger partial charge in [0.2, 0.25) is 0 Å². The summed E-state index contributed by atoms with van der Waals surface area (Å²) in [6, 6.07) is 9.77. The minimum absolute atomic E-state index is 0.0440. The zero-order valence-corrected chi connectivity index (χ0v) is 20.3. The van der Waals surface area contributed by atoms with Crippen molar-refractivity contribution in [3.63, 3.8) is 0 Å². The maximum absolute atomic E-state index is 11.9. The van der Waals surface area contributed by atoms with Gasteiger partial charge in [0.1, 0.15) is 11.6 Å². The molecule has 7 nitrogen and oxygen atoms in total. The predicted molar refractivity (Wildman–Crippen MR) is 133 cm³/mol. The minimum Gasteiger partial charge on any atom is -0.466 e. The number of halogens is 1. The Morgan fingerprint density at radius 3 is 2.56 bits per heavy atom. The Hall–Kier alpha value is -2.64. The van der Waals surface area contributed by atoms with Gasteiger partial charge in [-0.1, -0.05) is 11.6 Å². The third-order valence-corrected chi connectivity index (χ3v) is 7.15. The fourth-order valence-corrected chi connectivity index (χ4v) is 5.19. The second-order valence-corrected chi connectivity index (χ2v) is 9.64. The second-order valence-electron chi connectivity index (χ2n) is 9.20. The van der Waals surface area contributed by atoms with E-state index in [2.05, 4.69) is 27.0 Å². The van der Waals surface area contributed by atoms with Gasteiger partial charge < -0.3 is 19.4 Å². The van der Waals surface area contributed by atoms with E-state index in [0.717, 1.165) is 79.9 Å². The van der Waals surface area contributed by atoms with Crippen molar-refractivity contribution in [3.05, 3.63) is 41.6 Å². The third kappa shape index (κ3) is 5.20. The number of carbonyl (C=O) groups excluding carboxylic acids is 1. The highest BCUT2D eigenvalue weighted by atomic mass is 35.5. The summed E-state index contributed by atoms with van der Waals surface area (Å²) in [4.78, 5) is 26.9. The molecule has 34 heavy (non-hydrogen) atoms. The van der Waals surface area contributed by atoms with Gasteiger partial charge in [0.15, 0.2) is 0 Å². The summed E-state index contributed by atoms with van der Waals surface area (Å²) < 4.78 is 11.6. The van der Waals surface area contributed by atoms with Crippen LogP contribution in [0.4, 0.5) is 5.82 Å². The zero-order valence-electron chi connectivity index (χ0n) is 19.5. The molecule has 1 aromatic carbocycles. The molecule has 1 aliphatic heterocycles. The van der Waals surface area contributed by atoms with Crippen LogP contribution < -0.4 is 4.90 Å². The topological polar surface area (TPSA) is 80.3 Å². The van der Waals surface area contributed by atoms with Crippen molar-refractivity contribution in [3.8, 4) is 11.4 Å². The molecule has 0 bridgehead atoms. The Morgan fingerprint density at radius 2 is 1.85 bits per heavy atom. The van der Waals surface area contributed by atoms with E-state index in [-0.39, 0.29) is 24.1 Å². The lowest BCUT2D eigenvalue weighted by atomic mass is 9.87. The van der Waals surface area contributed by atoms with E-state index in [1.165, 1.54) is 0 Å². The average Bonchev–Trinajstić information content (AvgIpc) is 3.28. The minimum atomic E-state index is -0.0440. The third-order valence-electron chi connectivity index (χ3n) is 6.91. The SMILES string of the molecule is CCOC(=O)C1CCC(OC2CCN(c3ccc(-c4nc5ccc(Cl)cc5[nH]4)cn3)CC2)CC1. The number of aromatic amines is 1. The van der Waals surface area contributed by atoms with Gasteiger partial charge in [-0.15, -0.1) is 0 Å². The van der Waals surface area contributed by atoms with E-state index >= 15 is 0 Å². The Labute approximate surface area is 204 Å². The second kappa shape index (κ2) is 10.3. The van der Waals surface area contributed by atoms with Crippen LogP contribution >= 0.6 is 11.6 Å². The van der Waals surface area contributed by atoms with E-state index in [0.29, 0.717) is 11.6 Å². The van der Waals surface area contributed by atoms with Gasteiger partial charge in [0, 0.05) is 29.9 Å². The van der Waals surface area contributed by atoms with Crippen molar-refractivity contribution in [2.24, 2.45) is 5.92 Å². The summed E-state index contributed by atoms with van der Waals surface area (Å²) in [6.07, 6.45) is 8.03. The number of rotatable bonds is 6. The number of hydrogen-bond acceptors (Lipinski definition) is 6.